The highest BCUT2D eigenvalue weighted by atomic mass is 32.1. The molecule has 0 saturated carbocycles. The van der Waals surface area contributed by atoms with Crippen LogP contribution in [0.25, 0.3) is 0 Å². The number of hydrogen-bond acceptors (Lipinski definition) is 5. The molecule has 0 aromatic carbocycles. The van der Waals surface area contributed by atoms with E-state index in [2.05, 4.69) is 12.1 Å². The number of hydrogen-bond donors (Lipinski definition) is 4. The van der Waals surface area contributed by atoms with Crippen molar-refractivity contribution in [3.63, 3.8) is 0 Å². The zero-order valence-corrected chi connectivity index (χ0v) is 11.1. The van der Waals surface area contributed by atoms with Crippen LogP contribution in [0.4, 0.5) is 0 Å². The summed E-state index contributed by atoms with van der Waals surface area (Å²) in [5.74, 6) is 0. The Morgan fingerprint density at radius 3 is 1.65 bits per heavy atom. The van der Waals surface area contributed by atoms with Crippen molar-refractivity contribution in [3.05, 3.63) is 21.9 Å². The molecule has 1 rings (SSSR count). The van der Waals surface area contributed by atoms with Gasteiger partial charge in [-0.2, -0.15) is 0 Å². The van der Waals surface area contributed by atoms with Crippen LogP contribution in [0.15, 0.2) is 12.1 Å². The van der Waals surface area contributed by atoms with E-state index in [1.54, 1.807) is 11.3 Å². The van der Waals surface area contributed by atoms with Crippen LogP contribution in [-0.4, -0.2) is 25.2 Å². The molecule has 1 aromatic rings. The quantitative estimate of drug-likeness (QED) is 0.533. The molecule has 0 saturated heterocycles. The third-order valence-electron chi connectivity index (χ3n) is 2.72. The van der Waals surface area contributed by atoms with Crippen molar-refractivity contribution >= 4 is 11.3 Å². The van der Waals surface area contributed by atoms with Gasteiger partial charge in [0, 0.05) is 21.8 Å². The van der Waals surface area contributed by atoms with Crippen LogP contribution in [0.1, 0.15) is 22.6 Å². The van der Waals surface area contributed by atoms with E-state index in [1.165, 1.54) is 9.75 Å². The fourth-order valence-corrected chi connectivity index (χ4v) is 2.99. The second-order valence-electron chi connectivity index (χ2n) is 4.45. The minimum Gasteiger partial charge on any atom is -0.330 e. The van der Waals surface area contributed by atoms with E-state index in [-0.39, 0.29) is 12.1 Å². The van der Waals surface area contributed by atoms with Crippen molar-refractivity contribution in [3.8, 4) is 0 Å². The first kappa shape index (κ1) is 14.6. The fraction of sp³-hybridized carbons (Fsp3) is 0.667. The summed E-state index contributed by atoms with van der Waals surface area (Å²) >= 11 is 1.80. The van der Waals surface area contributed by atoms with E-state index < -0.39 is 0 Å². The average Bonchev–Trinajstić information content (AvgIpc) is 2.66. The van der Waals surface area contributed by atoms with Crippen molar-refractivity contribution in [2.24, 2.45) is 22.9 Å². The first-order valence-corrected chi connectivity index (χ1v) is 6.96. The van der Waals surface area contributed by atoms with Crippen LogP contribution in [0.2, 0.25) is 0 Å². The Hall–Kier alpha value is -0.460. The summed E-state index contributed by atoms with van der Waals surface area (Å²) in [5, 5.41) is 0. The van der Waals surface area contributed by atoms with Crippen LogP contribution < -0.4 is 22.9 Å². The van der Waals surface area contributed by atoms with Crippen LogP contribution in [-0.2, 0) is 12.8 Å². The SMILES string of the molecule is NCCC(N)Cc1ccc(CC(N)CCN)s1. The van der Waals surface area contributed by atoms with Crippen molar-refractivity contribution < 1.29 is 0 Å². The fourth-order valence-electron chi connectivity index (χ4n) is 1.79. The molecular formula is C12H24N4S. The summed E-state index contributed by atoms with van der Waals surface area (Å²) in [4.78, 5) is 2.64. The summed E-state index contributed by atoms with van der Waals surface area (Å²) in [5.41, 5.74) is 22.9. The number of nitrogens with two attached hydrogens (primary N) is 4. The zero-order chi connectivity index (χ0) is 12.7. The second kappa shape index (κ2) is 7.79. The molecule has 4 nitrogen and oxygen atoms in total. The van der Waals surface area contributed by atoms with Gasteiger partial charge in [-0.25, -0.2) is 0 Å². The lowest BCUT2D eigenvalue weighted by Crippen LogP contribution is -2.25. The van der Waals surface area contributed by atoms with Crippen molar-refractivity contribution in [2.75, 3.05) is 13.1 Å². The van der Waals surface area contributed by atoms with Crippen molar-refractivity contribution in [1.29, 1.82) is 0 Å². The molecule has 5 heteroatoms. The Labute approximate surface area is 107 Å². The van der Waals surface area contributed by atoms with Crippen molar-refractivity contribution in [2.45, 2.75) is 37.8 Å². The van der Waals surface area contributed by atoms with E-state index in [1.807, 2.05) is 0 Å². The van der Waals surface area contributed by atoms with E-state index in [9.17, 15) is 0 Å². The first-order valence-electron chi connectivity index (χ1n) is 6.14. The van der Waals surface area contributed by atoms with Gasteiger partial charge >= 0.3 is 0 Å². The number of thiophene rings is 1. The minimum absolute atomic E-state index is 0.171. The molecule has 0 fully saturated rings. The predicted molar refractivity (Wildman–Crippen MR) is 75.0 cm³/mol. The van der Waals surface area contributed by atoms with E-state index in [0.717, 1.165) is 25.7 Å². The predicted octanol–water partition coefficient (Wildman–Crippen LogP) is 0.185. The number of rotatable bonds is 8. The van der Waals surface area contributed by atoms with Gasteiger partial charge in [-0.1, -0.05) is 0 Å². The smallest absolute Gasteiger partial charge is 0.00991 e. The molecular weight excluding hydrogens is 232 g/mol. The molecule has 0 aliphatic carbocycles. The highest BCUT2D eigenvalue weighted by molar-refractivity contribution is 7.12. The molecule has 1 heterocycles. The molecule has 17 heavy (non-hydrogen) atoms. The monoisotopic (exact) mass is 256 g/mol. The van der Waals surface area contributed by atoms with Crippen LogP contribution >= 0.6 is 11.3 Å². The molecule has 0 aliphatic heterocycles. The lowest BCUT2D eigenvalue weighted by Gasteiger charge is -2.08. The topological polar surface area (TPSA) is 104 Å². The lowest BCUT2D eigenvalue weighted by atomic mass is 10.1. The summed E-state index contributed by atoms with van der Waals surface area (Å²) in [7, 11) is 0. The largest absolute Gasteiger partial charge is 0.330 e. The Balaban J connectivity index is 2.42. The van der Waals surface area contributed by atoms with Gasteiger partial charge < -0.3 is 22.9 Å². The van der Waals surface area contributed by atoms with E-state index in [0.29, 0.717) is 13.1 Å². The minimum atomic E-state index is 0.171. The highest BCUT2D eigenvalue weighted by Gasteiger charge is 2.08. The van der Waals surface area contributed by atoms with Gasteiger partial charge in [0.1, 0.15) is 0 Å². The third kappa shape index (κ3) is 5.61. The average molecular weight is 256 g/mol. The molecule has 2 unspecified atom stereocenters. The highest BCUT2D eigenvalue weighted by Crippen LogP contribution is 2.19. The zero-order valence-electron chi connectivity index (χ0n) is 10.3. The summed E-state index contributed by atoms with van der Waals surface area (Å²) < 4.78 is 0. The maximum atomic E-state index is 5.96. The van der Waals surface area contributed by atoms with Gasteiger partial charge in [0.05, 0.1) is 0 Å². The van der Waals surface area contributed by atoms with Crippen LogP contribution in [0, 0.1) is 0 Å². The molecule has 0 amide bonds. The third-order valence-corrected chi connectivity index (χ3v) is 3.85. The van der Waals surface area contributed by atoms with Crippen LogP contribution in [0.5, 0.6) is 0 Å². The molecule has 0 aliphatic rings. The Morgan fingerprint density at radius 1 is 0.882 bits per heavy atom. The van der Waals surface area contributed by atoms with Gasteiger partial charge in [0.25, 0.3) is 0 Å². The Bertz CT molecular complexity index is 285. The maximum absolute atomic E-state index is 5.96. The maximum Gasteiger partial charge on any atom is 0.00991 e. The van der Waals surface area contributed by atoms with Crippen molar-refractivity contribution in [1.82, 2.24) is 0 Å². The standard InChI is InChI=1S/C12H24N4S/c13-5-3-9(15)7-11-1-2-12(17-11)8-10(16)4-6-14/h1-2,9-10H,3-8,13-16H2. The Morgan fingerprint density at radius 2 is 1.29 bits per heavy atom. The summed E-state index contributed by atoms with van der Waals surface area (Å²) in [6.07, 6.45) is 3.57. The van der Waals surface area contributed by atoms with E-state index in [4.69, 9.17) is 22.9 Å². The molecule has 98 valence electrons. The first-order chi connectivity index (χ1) is 8.15. The molecule has 8 N–H and O–H groups in total. The van der Waals surface area contributed by atoms with Crippen LogP contribution in [0.3, 0.4) is 0 Å². The molecule has 0 bridgehead atoms. The molecule has 0 spiro atoms. The van der Waals surface area contributed by atoms with Gasteiger partial charge in [0.15, 0.2) is 0 Å². The Kier molecular flexibility index (Phi) is 6.69. The summed E-state index contributed by atoms with van der Waals surface area (Å²) in [6.45, 7) is 1.31. The lowest BCUT2D eigenvalue weighted by molar-refractivity contribution is 0.623. The van der Waals surface area contributed by atoms with Gasteiger partial charge in [-0.15, -0.1) is 11.3 Å². The summed E-state index contributed by atoms with van der Waals surface area (Å²) in [6, 6.07) is 4.63. The van der Waals surface area contributed by atoms with E-state index >= 15 is 0 Å². The molecule has 1 aromatic heterocycles. The van der Waals surface area contributed by atoms with Gasteiger partial charge in [-0.3, -0.25) is 0 Å². The second-order valence-corrected chi connectivity index (χ2v) is 5.70. The van der Waals surface area contributed by atoms with Gasteiger partial charge in [0.2, 0.25) is 0 Å². The van der Waals surface area contributed by atoms with Gasteiger partial charge in [-0.05, 0) is 50.9 Å². The normalized spacial score (nSPS) is 14.8. The molecule has 0 radical (unpaired) electrons. The molecule has 2 atom stereocenters.